The van der Waals surface area contributed by atoms with Gasteiger partial charge in [-0.25, -0.2) is 8.78 Å². The van der Waals surface area contributed by atoms with Crippen molar-refractivity contribution in [2.24, 2.45) is 5.73 Å². The molecule has 1 amide bonds. The summed E-state index contributed by atoms with van der Waals surface area (Å²) >= 11 is 0. The molecular weight excluding hydrogens is 190 g/mol. The number of rotatable bonds is 3. The minimum absolute atomic E-state index is 0.140. The quantitative estimate of drug-likeness (QED) is 0.724. The highest BCUT2D eigenvalue weighted by atomic mass is 19.3. The summed E-state index contributed by atoms with van der Waals surface area (Å²) in [6.07, 6.45) is 1.12. The van der Waals surface area contributed by atoms with Crippen LogP contribution in [0.1, 0.15) is 32.6 Å². The van der Waals surface area contributed by atoms with E-state index in [0.29, 0.717) is 19.3 Å². The van der Waals surface area contributed by atoms with Crippen LogP contribution in [0, 0.1) is 0 Å². The van der Waals surface area contributed by atoms with Gasteiger partial charge in [0, 0.05) is 6.42 Å². The number of nitrogens with two attached hydrogens (primary N) is 1. The zero-order valence-electron chi connectivity index (χ0n) is 8.22. The van der Waals surface area contributed by atoms with Gasteiger partial charge in [-0.15, -0.1) is 0 Å². The van der Waals surface area contributed by atoms with E-state index in [4.69, 9.17) is 5.73 Å². The molecule has 1 aliphatic rings. The monoisotopic (exact) mass is 206 g/mol. The molecule has 0 radical (unpaired) electrons. The molecule has 3 nitrogen and oxygen atoms in total. The molecule has 0 saturated heterocycles. The average Bonchev–Trinajstić information content (AvgIpc) is 2.44. The number of carbonyl (C=O) groups excluding carboxylic acids is 1. The summed E-state index contributed by atoms with van der Waals surface area (Å²) in [6.45, 7) is 1.75. The third-order valence-corrected chi connectivity index (χ3v) is 2.61. The summed E-state index contributed by atoms with van der Waals surface area (Å²) in [5.74, 6) is -3.23. The van der Waals surface area contributed by atoms with Gasteiger partial charge in [-0.2, -0.15) is 0 Å². The van der Waals surface area contributed by atoms with Crippen molar-refractivity contribution in [1.29, 1.82) is 0 Å². The summed E-state index contributed by atoms with van der Waals surface area (Å²) in [4.78, 5) is 11.2. The molecule has 0 aliphatic heterocycles. The van der Waals surface area contributed by atoms with Gasteiger partial charge in [-0.05, 0) is 19.3 Å². The fourth-order valence-corrected chi connectivity index (χ4v) is 1.57. The normalized spacial score (nSPS) is 27.3. The van der Waals surface area contributed by atoms with Crippen LogP contribution in [-0.4, -0.2) is 23.9 Å². The smallest absolute Gasteiger partial charge is 0.267 e. The number of amides is 1. The molecule has 1 unspecified atom stereocenters. The maximum absolute atomic E-state index is 13.1. The first kappa shape index (κ1) is 11.4. The zero-order valence-corrected chi connectivity index (χ0v) is 8.22. The van der Waals surface area contributed by atoms with Crippen LogP contribution in [0.3, 0.4) is 0 Å². The first-order chi connectivity index (χ1) is 6.47. The van der Waals surface area contributed by atoms with Crippen LogP contribution in [0.15, 0.2) is 0 Å². The lowest BCUT2D eigenvalue weighted by Gasteiger charge is -2.21. The Morgan fingerprint density at radius 2 is 2.36 bits per heavy atom. The van der Waals surface area contributed by atoms with Gasteiger partial charge in [0.1, 0.15) is 0 Å². The van der Waals surface area contributed by atoms with Gasteiger partial charge < -0.3 is 11.1 Å². The molecule has 0 aromatic heterocycles. The van der Waals surface area contributed by atoms with Crippen molar-refractivity contribution in [2.75, 3.05) is 0 Å². The molecule has 5 heteroatoms. The number of hydrogen-bond acceptors (Lipinski definition) is 2. The molecule has 1 fully saturated rings. The van der Waals surface area contributed by atoms with Gasteiger partial charge >= 0.3 is 0 Å². The number of hydrogen-bond donors (Lipinski definition) is 2. The fraction of sp³-hybridized carbons (Fsp3) is 0.889. The lowest BCUT2D eigenvalue weighted by Crippen LogP contribution is -2.49. The van der Waals surface area contributed by atoms with Crippen molar-refractivity contribution in [3.05, 3.63) is 0 Å². The van der Waals surface area contributed by atoms with E-state index >= 15 is 0 Å². The van der Waals surface area contributed by atoms with Crippen LogP contribution in [0.25, 0.3) is 0 Å². The second kappa shape index (κ2) is 4.21. The van der Waals surface area contributed by atoms with Crippen LogP contribution < -0.4 is 11.1 Å². The minimum Gasteiger partial charge on any atom is -0.346 e. The first-order valence-electron chi connectivity index (χ1n) is 4.91. The van der Waals surface area contributed by atoms with E-state index in [1.54, 1.807) is 6.92 Å². The number of halogens is 2. The van der Waals surface area contributed by atoms with Gasteiger partial charge in [0.05, 0.1) is 12.1 Å². The van der Waals surface area contributed by atoms with Crippen LogP contribution >= 0.6 is 0 Å². The predicted octanol–water partition coefficient (Wildman–Crippen LogP) is 1.03. The predicted molar refractivity (Wildman–Crippen MR) is 49.0 cm³/mol. The van der Waals surface area contributed by atoms with Crippen LogP contribution in [-0.2, 0) is 4.79 Å². The Balaban J connectivity index is 2.48. The molecule has 14 heavy (non-hydrogen) atoms. The fourth-order valence-electron chi connectivity index (χ4n) is 1.57. The van der Waals surface area contributed by atoms with Crippen molar-refractivity contribution in [2.45, 2.75) is 50.6 Å². The Morgan fingerprint density at radius 3 is 2.79 bits per heavy atom. The van der Waals surface area contributed by atoms with Crippen molar-refractivity contribution in [3.8, 4) is 0 Å². The van der Waals surface area contributed by atoms with Crippen molar-refractivity contribution < 1.29 is 13.6 Å². The van der Waals surface area contributed by atoms with E-state index in [-0.39, 0.29) is 6.42 Å². The highest BCUT2D eigenvalue weighted by molar-refractivity contribution is 5.81. The van der Waals surface area contributed by atoms with Gasteiger partial charge in [-0.1, -0.05) is 6.92 Å². The number of nitrogens with one attached hydrogen (secondary N) is 1. The summed E-state index contributed by atoms with van der Waals surface area (Å²) in [5, 5.41) is 2.31. The Labute approximate surface area is 82.0 Å². The summed E-state index contributed by atoms with van der Waals surface area (Å²) in [7, 11) is 0. The summed E-state index contributed by atoms with van der Waals surface area (Å²) < 4.78 is 26.2. The highest BCUT2D eigenvalue weighted by Crippen LogP contribution is 2.34. The van der Waals surface area contributed by atoms with E-state index in [1.807, 2.05) is 0 Å². The molecular formula is C9H16F2N2O. The Kier molecular flexibility index (Phi) is 3.42. The molecule has 2 atom stereocenters. The maximum Gasteiger partial charge on any atom is 0.267 e. The molecule has 1 rings (SSSR count). The summed E-state index contributed by atoms with van der Waals surface area (Å²) in [5.41, 5.74) is 5.43. The third-order valence-electron chi connectivity index (χ3n) is 2.61. The molecule has 1 saturated carbocycles. The molecule has 0 aromatic rings. The second-order valence-electron chi connectivity index (χ2n) is 3.73. The van der Waals surface area contributed by atoms with E-state index in [2.05, 4.69) is 5.32 Å². The molecule has 0 aromatic carbocycles. The van der Waals surface area contributed by atoms with Crippen LogP contribution in [0.2, 0.25) is 0 Å². The van der Waals surface area contributed by atoms with Gasteiger partial charge in [0.2, 0.25) is 5.91 Å². The molecule has 0 spiro atoms. The Hall–Kier alpha value is -0.710. The van der Waals surface area contributed by atoms with Crippen molar-refractivity contribution in [3.63, 3.8) is 0 Å². The highest BCUT2D eigenvalue weighted by Gasteiger charge is 2.44. The van der Waals surface area contributed by atoms with Crippen LogP contribution in [0.4, 0.5) is 8.78 Å². The zero-order chi connectivity index (χ0) is 10.8. The summed E-state index contributed by atoms with van der Waals surface area (Å²) in [6, 6.07) is -1.70. The lowest BCUT2D eigenvalue weighted by molar-refractivity contribution is -0.126. The van der Waals surface area contributed by atoms with E-state index < -0.39 is 23.9 Å². The second-order valence-corrected chi connectivity index (χ2v) is 3.73. The van der Waals surface area contributed by atoms with E-state index in [0.717, 1.165) is 0 Å². The van der Waals surface area contributed by atoms with Crippen molar-refractivity contribution >= 4 is 5.91 Å². The molecule has 0 heterocycles. The molecule has 0 bridgehead atoms. The minimum atomic E-state index is -2.76. The Bertz CT molecular complexity index is 221. The topological polar surface area (TPSA) is 55.1 Å². The largest absolute Gasteiger partial charge is 0.346 e. The average molecular weight is 206 g/mol. The lowest BCUT2D eigenvalue weighted by atomic mass is 10.1. The standard InChI is InChI=1S/C9H16F2N2O/c1-2-6(12)8(14)13-7-4-3-5-9(7,10)11/h6-7H,2-5,12H2,1H3,(H,13,14)/t6-,7?/m0/s1. The van der Waals surface area contributed by atoms with Crippen LogP contribution in [0.5, 0.6) is 0 Å². The number of alkyl halides is 2. The van der Waals surface area contributed by atoms with Crippen molar-refractivity contribution in [1.82, 2.24) is 5.32 Å². The molecule has 1 aliphatic carbocycles. The molecule has 3 N–H and O–H groups in total. The Morgan fingerprint density at radius 1 is 1.71 bits per heavy atom. The maximum atomic E-state index is 13.1. The molecule has 82 valence electrons. The number of carbonyl (C=O) groups is 1. The van der Waals surface area contributed by atoms with Gasteiger partial charge in [0.15, 0.2) is 0 Å². The third kappa shape index (κ3) is 2.41. The van der Waals surface area contributed by atoms with Gasteiger partial charge in [0.25, 0.3) is 5.92 Å². The van der Waals surface area contributed by atoms with E-state index in [1.165, 1.54) is 0 Å². The van der Waals surface area contributed by atoms with E-state index in [9.17, 15) is 13.6 Å². The van der Waals surface area contributed by atoms with Gasteiger partial charge in [-0.3, -0.25) is 4.79 Å². The SMILES string of the molecule is CC[C@H](N)C(=O)NC1CCCC1(F)F. The first-order valence-corrected chi connectivity index (χ1v) is 4.91.